The lowest BCUT2D eigenvalue weighted by Crippen LogP contribution is -2.40. The van der Waals surface area contributed by atoms with Crippen molar-refractivity contribution in [1.29, 1.82) is 0 Å². The maximum atomic E-state index is 11.7. The van der Waals surface area contributed by atoms with Crippen molar-refractivity contribution in [2.75, 3.05) is 6.54 Å². The minimum absolute atomic E-state index is 0.0416. The Morgan fingerprint density at radius 1 is 1.40 bits per heavy atom. The van der Waals surface area contributed by atoms with Crippen LogP contribution in [0.1, 0.15) is 13.3 Å². The normalized spacial score (nSPS) is 11.9. The molecule has 20 heavy (non-hydrogen) atoms. The van der Waals surface area contributed by atoms with E-state index in [0.29, 0.717) is 0 Å². The molecule has 0 aliphatic carbocycles. The van der Waals surface area contributed by atoms with Gasteiger partial charge in [-0.15, -0.1) is 0 Å². The van der Waals surface area contributed by atoms with Crippen LogP contribution in [0.2, 0.25) is 0 Å². The first-order valence-corrected chi connectivity index (χ1v) is 6.06. The van der Waals surface area contributed by atoms with Gasteiger partial charge in [0.2, 0.25) is 5.91 Å². The van der Waals surface area contributed by atoms with Gasteiger partial charge in [0.25, 0.3) is 5.56 Å². The summed E-state index contributed by atoms with van der Waals surface area (Å²) in [5.41, 5.74) is -1.02. The Bertz CT molecular complexity index is 616. The number of hydrogen-bond acceptors (Lipinski definition) is 4. The molecular weight excluding hydrogens is 266 g/mol. The van der Waals surface area contributed by atoms with Gasteiger partial charge in [-0.2, -0.15) is 0 Å². The number of aromatic nitrogens is 2. The average Bonchev–Trinajstić information content (AvgIpc) is 2.36. The molecule has 0 saturated heterocycles. The average molecular weight is 283 g/mol. The summed E-state index contributed by atoms with van der Waals surface area (Å²) in [4.78, 5) is 45.0. The van der Waals surface area contributed by atoms with E-state index in [1.807, 2.05) is 0 Å². The van der Waals surface area contributed by atoms with Gasteiger partial charge in [0.15, 0.2) is 0 Å². The topological polar surface area (TPSA) is 110 Å². The van der Waals surface area contributed by atoms with Crippen molar-refractivity contribution in [2.45, 2.75) is 19.9 Å². The number of aliphatic carboxylic acids is 1. The molecule has 8 heteroatoms. The van der Waals surface area contributed by atoms with Gasteiger partial charge < -0.3 is 10.4 Å². The number of nitrogens with one attached hydrogen (secondary N) is 1. The van der Waals surface area contributed by atoms with E-state index < -0.39 is 23.1 Å². The van der Waals surface area contributed by atoms with Crippen molar-refractivity contribution < 1.29 is 14.7 Å². The Morgan fingerprint density at radius 3 is 2.65 bits per heavy atom. The van der Waals surface area contributed by atoms with Gasteiger partial charge in [-0.1, -0.05) is 6.92 Å². The van der Waals surface area contributed by atoms with Crippen LogP contribution in [0.3, 0.4) is 0 Å². The van der Waals surface area contributed by atoms with Crippen LogP contribution in [0.4, 0.5) is 0 Å². The zero-order chi connectivity index (χ0) is 15.3. The number of nitrogens with zero attached hydrogens (tertiary/aromatic N) is 2. The molecule has 1 unspecified atom stereocenters. The third-order valence-electron chi connectivity index (χ3n) is 2.74. The van der Waals surface area contributed by atoms with Gasteiger partial charge in [-0.3, -0.25) is 23.5 Å². The molecule has 0 radical (unpaired) electrons. The van der Waals surface area contributed by atoms with Gasteiger partial charge in [-0.05, 0) is 5.92 Å². The van der Waals surface area contributed by atoms with E-state index in [9.17, 15) is 19.2 Å². The van der Waals surface area contributed by atoms with E-state index in [0.717, 1.165) is 9.13 Å². The van der Waals surface area contributed by atoms with Crippen molar-refractivity contribution in [1.82, 2.24) is 14.5 Å². The summed E-state index contributed by atoms with van der Waals surface area (Å²) >= 11 is 0. The summed E-state index contributed by atoms with van der Waals surface area (Å²) in [7, 11) is 1.33. The molecule has 1 atom stereocenters. The van der Waals surface area contributed by atoms with Gasteiger partial charge in [-0.25, -0.2) is 4.79 Å². The van der Waals surface area contributed by atoms with Crippen LogP contribution in [-0.2, 0) is 23.2 Å². The predicted octanol–water partition coefficient (Wildman–Crippen LogP) is -1.23. The second-order valence-electron chi connectivity index (χ2n) is 4.63. The zero-order valence-electron chi connectivity index (χ0n) is 11.3. The van der Waals surface area contributed by atoms with Gasteiger partial charge in [0.1, 0.15) is 6.54 Å². The van der Waals surface area contributed by atoms with Crippen molar-refractivity contribution in [3.05, 3.63) is 33.1 Å². The number of carbonyl (C=O) groups is 2. The molecule has 1 rings (SSSR count). The molecule has 1 amide bonds. The molecule has 0 spiro atoms. The molecule has 1 aromatic rings. The minimum atomic E-state index is -0.930. The number of rotatable bonds is 6. The quantitative estimate of drug-likeness (QED) is 0.679. The van der Waals surface area contributed by atoms with Gasteiger partial charge >= 0.3 is 11.7 Å². The SMILES string of the molecule is CC(CNC(=O)Cn1ccc(=O)n(C)c1=O)CC(=O)O. The standard InChI is InChI=1S/C12H17N3O5/c1-8(5-11(18)19)6-13-9(16)7-15-4-3-10(17)14(2)12(15)20/h3-4,8H,5-7H2,1-2H3,(H,13,16)(H,18,19). The highest BCUT2D eigenvalue weighted by molar-refractivity contribution is 5.75. The smallest absolute Gasteiger partial charge is 0.331 e. The summed E-state index contributed by atoms with van der Waals surface area (Å²) < 4.78 is 2.01. The second kappa shape index (κ2) is 6.69. The summed E-state index contributed by atoms with van der Waals surface area (Å²) in [6.45, 7) is 1.70. The number of carboxylic acid groups (broad SMARTS) is 1. The van der Waals surface area contributed by atoms with Gasteiger partial charge in [0, 0.05) is 32.3 Å². The molecule has 2 N–H and O–H groups in total. The number of amides is 1. The van der Waals surface area contributed by atoms with E-state index in [-0.39, 0.29) is 25.4 Å². The number of hydrogen-bond donors (Lipinski definition) is 2. The monoisotopic (exact) mass is 283 g/mol. The molecule has 8 nitrogen and oxygen atoms in total. The first-order valence-electron chi connectivity index (χ1n) is 6.06. The van der Waals surface area contributed by atoms with Crippen LogP contribution in [0.15, 0.2) is 21.9 Å². The molecule has 0 aliphatic rings. The van der Waals surface area contributed by atoms with E-state index >= 15 is 0 Å². The van der Waals surface area contributed by atoms with Crippen LogP contribution in [-0.4, -0.2) is 32.7 Å². The lowest BCUT2D eigenvalue weighted by Gasteiger charge is -2.11. The fraction of sp³-hybridized carbons (Fsp3) is 0.500. The van der Waals surface area contributed by atoms with Gasteiger partial charge in [0.05, 0.1) is 0 Å². The summed E-state index contributed by atoms with van der Waals surface area (Å²) in [6.07, 6.45) is 1.21. The molecule has 1 heterocycles. The summed E-state index contributed by atoms with van der Waals surface area (Å²) in [6, 6.07) is 1.20. The lowest BCUT2D eigenvalue weighted by molar-refractivity contribution is -0.138. The number of carboxylic acids is 1. The fourth-order valence-corrected chi connectivity index (χ4v) is 1.61. The molecule has 0 saturated carbocycles. The second-order valence-corrected chi connectivity index (χ2v) is 4.63. The first-order chi connectivity index (χ1) is 9.31. The van der Waals surface area contributed by atoms with Crippen molar-refractivity contribution in [3.63, 3.8) is 0 Å². The number of carbonyl (C=O) groups excluding carboxylic acids is 1. The van der Waals surface area contributed by atoms with Crippen LogP contribution >= 0.6 is 0 Å². The third kappa shape index (κ3) is 4.38. The molecule has 110 valence electrons. The molecule has 0 fully saturated rings. The summed E-state index contributed by atoms with van der Waals surface area (Å²) in [5, 5.41) is 11.1. The Hall–Kier alpha value is -2.38. The first kappa shape index (κ1) is 15.7. The molecule has 1 aromatic heterocycles. The Balaban J connectivity index is 2.60. The molecular formula is C12H17N3O5. The molecule has 0 bridgehead atoms. The van der Waals surface area contributed by atoms with Crippen molar-refractivity contribution in [3.8, 4) is 0 Å². The molecule has 0 aliphatic heterocycles. The van der Waals surface area contributed by atoms with E-state index in [4.69, 9.17) is 5.11 Å². The van der Waals surface area contributed by atoms with Crippen molar-refractivity contribution in [2.24, 2.45) is 13.0 Å². The van der Waals surface area contributed by atoms with E-state index in [1.165, 1.54) is 19.3 Å². The predicted molar refractivity (Wildman–Crippen MR) is 70.4 cm³/mol. The highest BCUT2D eigenvalue weighted by Gasteiger charge is 2.10. The lowest BCUT2D eigenvalue weighted by atomic mass is 10.1. The van der Waals surface area contributed by atoms with E-state index in [2.05, 4.69) is 5.32 Å². The summed E-state index contributed by atoms with van der Waals surface area (Å²) in [5.74, 6) is -1.54. The largest absolute Gasteiger partial charge is 0.481 e. The minimum Gasteiger partial charge on any atom is -0.481 e. The maximum Gasteiger partial charge on any atom is 0.331 e. The van der Waals surface area contributed by atoms with Crippen molar-refractivity contribution >= 4 is 11.9 Å². The Labute approximate surface area is 114 Å². The fourth-order valence-electron chi connectivity index (χ4n) is 1.61. The maximum absolute atomic E-state index is 11.7. The zero-order valence-corrected chi connectivity index (χ0v) is 11.3. The Morgan fingerprint density at radius 2 is 2.05 bits per heavy atom. The third-order valence-corrected chi connectivity index (χ3v) is 2.74. The van der Waals surface area contributed by atoms with Crippen LogP contribution < -0.4 is 16.6 Å². The van der Waals surface area contributed by atoms with Crippen LogP contribution in [0.25, 0.3) is 0 Å². The molecule has 0 aromatic carbocycles. The van der Waals surface area contributed by atoms with Crippen LogP contribution in [0, 0.1) is 5.92 Å². The highest BCUT2D eigenvalue weighted by Crippen LogP contribution is 1.99. The van der Waals surface area contributed by atoms with Crippen LogP contribution in [0.5, 0.6) is 0 Å². The van der Waals surface area contributed by atoms with E-state index in [1.54, 1.807) is 6.92 Å². The highest BCUT2D eigenvalue weighted by atomic mass is 16.4. The Kier molecular flexibility index (Phi) is 5.24.